The monoisotopic (exact) mass is 257 g/mol. The van der Waals surface area contributed by atoms with Crippen molar-refractivity contribution in [1.29, 1.82) is 0 Å². The number of hydrogen-bond acceptors (Lipinski definition) is 3. The molecule has 1 heterocycles. The van der Waals surface area contributed by atoms with Crippen molar-refractivity contribution in [1.82, 2.24) is 5.32 Å². The molecular formula is C12H13F2NO3. The average molecular weight is 257 g/mol. The number of halogens is 2. The summed E-state index contributed by atoms with van der Waals surface area (Å²) in [5.41, 5.74) is -0.749. The Labute approximate surface area is 103 Å². The highest BCUT2D eigenvalue weighted by Crippen LogP contribution is 2.22. The van der Waals surface area contributed by atoms with Crippen molar-refractivity contribution in [3.8, 4) is 5.75 Å². The van der Waals surface area contributed by atoms with E-state index in [0.29, 0.717) is 26.1 Å². The van der Waals surface area contributed by atoms with Crippen LogP contribution in [0, 0.1) is 11.6 Å². The molecule has 1 amide bonds. The number of aromatic hydroxyl groups is 1. The Morgan fingerprint density at radius 3 is 2.67 bits per heavy atom. The molecule has 0 saturated carbocycles. The van der Waals surface area contributed by atoms with Crippen LogP contribution in [0.2, 0.25) is 0 Å². The summed E-state index contributed by atoms with van der Waals surface area (Å²) in [6, 6.07) is 1.57. The number of phenols is 1. The van der Waals surface area contributed by atoms with Crippen LogP contribution in [0.25, 0.3) is 0 Å². The molecule has 2 N–H and O–H groups in total. The van der Waals surface area contributed by atoms with Crippen LogP contribution in [0.1, 0.15) is 23.2 Å². The van der Waals surface area contributed by atoms with E-state index in [1.54, 1.807) is 0 Å². The van der Waals surface area contributed by atoms with E-state index < -0.39 is 28.9 Å². The molecule has 0 aliphatic carbocycles. The molecule has 0 aromatic heterocycles. The van der Waals surface area contributed by atoms with Crippen molar-refractivity contribution in [3.63, 3.8) is 0 Å². The highest BCUT2D eigenvalue weighted by atomic mass is 19.1. The van der Waals surface area contributed by atoms with Gasteiger partial charge in [0.15, 0.2) is 11.6 Å². The summed E-state index contributed by atoms with van der Waals surface area (Å²) < 4.78 is 32.0. The Balaban J connectivity index is 2.15. The summed E-state index contributed by atoms with van der Waals surface area (Å²) in [4.78, 5) is 11.8. The second-order valence-corrected chi connectivity index (χ2v) is 4.12. The van der Waals surface area contributed by atoms with Gasteiger partial charge in [-0.05, 0) is 25.0 Å². The summed E-state index contributed by atoms with van der Waals surface area (Å²) in [7, 11) is 0. The minimum atomic E-state index is -1.24. The molecule has 6 heteroatoms. The summed E-state index contributed by atoms with van der Waals surface area (Å²) in [5.74, 6) is -3.82. The molecule has 1 aromatic carbocycles. The normalized spacial score (nSPS) is 16.6. The van der Waals surface area contributed by atoms with E-state index in [0.717, 1.165) is 12.1 Å². The highest BCUT2D eigenvalue weighted by Gasteiger charge is 2.23. The summed E-state index contributed by atoms with van der Waals surface area (Å²) in [6.45, 7) is 1.02. The van der Waals surface area contributed by atoms with Crippen molar-refractivity contribution in [3.05, 3.63) is 29.3 Å². The van der Waals surface area contributed by atoms with Crippen molar-refractivity contribution >= 4 is 5.91 Å². The van der Waals surface area contributed by atoms with E-state index in [1.165, 1.54) is 0 Å². The molecule has 1 aromatic rings. The Morgan fingerprint density at radius 2 is 2.00 bits per heavy atom. The predicted octanol–water partition coefficient (Wildman–Crippen LogP) is 1.58. The zero-order valence-corrected chi connectivity index (χ0v) is 9.58. The third-order valence-corrected chi connectivity index (χ3v) is 2.85. The van der Waals surface area contributed by atoms with Crippen LogP contribution in [0.5, 0.6) is 5.75 Å². The fourth-order valence-corrected chi connectivity index (χ4v) is 1.85. The standard InChI is InChI=1S/C12H13F2NO3/c13-8-1-2-9(16)11(14)10(8)12(17)15-7-3-5-18-6-4-7/h1-2,7,16H,3-6H2,(H,15,17). The lowest BCUT2D eigenvalue weighted by atomic mass is 10.1. The number of nitrogens with one attached hydrogen (secondary N) is 1. The maximum Gasteiger partial charge on any atom is 0.257 e. The molecule has 4 nitrogen and oxygen atoms in total. The molecular weight excluding hydrogens is 244 g/mol. The van der Waals surface area contributed by atoms with Gasteiger partial charge in [0.25, 0.3) is 5.91 Å². The van der Waals surface area contributed by atoms with Gasteiger partial charge in [0.2, 0.25) is 0 Å². The van der Waals surface area contributed by atoms with Gasteiger partial charge in [-0.3, -0.25) is 4.79 Å². The van der Waals surface area contributed by atoms with Crippen molar-refractivity contribution in [2.45, 2.75) is 18.9 Å². The first-order chi connectivity index (χ1) is 8.59. The summed E-state index contributed by atoms with van der Waals surface area (Å²) in [5, 5.41) is 11.7. The first kappa shape index (κ1) is 12.8. The molecule has 1 aliphatic heterocycles. The largest absolute Gasteiger partial charge is 0.505 e. The number of benzene rings is 1. The molecule has 2 rings (SSSR count). The van der Waals surface area contributed by atoms with Crippen LogP contribution in [-0.4, -0.2) is 30.3 Å². The average Bonchev–Trinajstić information content (AvgIpc) is 2.36. The second kappa shape index (κ2) is 5.30. The van der Waals surface area contributed by atoms with Gasteiger partial charge in [-0.25, -0.2) is 8.78 Å². The fourth-order valence-electron chi connectivity index (χ4n) is 1.85. The molecule has 0 unspecified atom stereocenters. The Kier molecular flexibility index (Phi) is 3.76. The van der Waals surface area contributed by atoms with Crippen molar-refractivity contribution < 1.29 is 23.4 Å². The van der Waals surface area contributed by atoms with Gasteiger partial charge in [-0.15, -0.1) is 0 Å². The van der Waals surface area contributed by atoms with Gasteiger partial charge in [-0.2, -0.15) is 0 Å². The first-order valence-corrected chi connectivity index (χ1v) is 5.65. The maximum absolute atomic E-state index is 13.5. The molecule has 1 saturated heterocycles. The van der Waals surface area contributed by atoms with Crippen LogP contribution in [0.15, 0.2) is 12.1 Å². The molecule has 0 radical (unpaired) electrons. The van der Waals surface area contributed by atoms with Crippen molar-refractivity contribution in [2.75, 3.05) is 13.2 Å². The Morgan fingerprint density at radius 1 is 1.33 bits per heavy atom. The van der Waals surface area contributed by atoms with Gasteiger partial charge in [0, 0.05) is 19.3 Å². The lowest BCUT2D eigenvalue weighted by Gasteiger charge is -2.23. The van der Waals surface area contributed by atoms with Gasteiger partial charge in [-0.1, -0.05) is 0 Å². The summed E-state index contributed by atoms with van der Waals surface area (Å²) in [6.07, 6.45) is 1.21. The van der Waals surface area contributed by atoms with Crippen LogP contribution in [-0.2, 0) is 4.74 Å². The third kappa shape index (κ3) is 2.59. The van der Waals surface area contributed by atoms with E-state index in [2.05, 4.69) is 5.32 Å². The first-order valence-electron chi connectivity index (χ1n) is 5.65. The number of amides is 1. The molecule has 98 valence electrons. The Bertz CT molecular complexity index is 459. The van der Waals surface area contributed by atoms with Crippen LogP contribution >= 0.6 is 0 Å². The van der Waals surface area contributed by atoms with E-state index in [4.69, 9.17) is 9.84 Å². The zero-order chi connectivity index (χ0) is 13.1. The molecule has 1 fully saturated rings. The van der Waals surface area contributed by atoms with Gasteiger partial charge in [0.1, 0.15) is 11.4 Å². The van der Waals surface area contributed by atoms with Gasteiger partial charge >= 0.3 is 0 Å². The number of carbonyl (C=O) groups is 1. The highest BCUT2D eigenvalue weighted by molar-refractivity contribution is 5.95. The van der Waals surface area contributed by atoms with E-state index in [-0.39, 0.29) is 6.04 Å². The lowest BCUT2D eigenvalue weighted by Crippen LogP contribution is -2.39. The lowest BCUT2D eigenvalue weighted by molar-refractivity contribution is 0.0692. The molecule has 0 spiro atoms. The quantitative estimate of drug-likeness (QED) is 0.845. The number of carbonyl (C=O) groups excluding carboxylic acids is 1. The molecule has 0 atom stereocenters. The van der Waals surface area contributed by atoms with E-state index in [9.17, 15) is 13.6 Å². The second-order valence-electron chi connectivity index (χ2n) is 4.12. The predicted molar refractivity (Wildman–Crippen MR) is 59.3 cm³/mol. The summed E-state index contributed by atoms with van der Waals surface area (Å²) >= 11 is 0. The van der Waals surface area contributed by atoms with E-state index in [1.807, 2.05) is 0 Å². The van der Waals surface area contributed by atoms with Crippen LogP contribution < -0.4 is 5.32 Å². The number of ether oxygens (including phenoxy) is 1. The van der Waals surface area contributed by atoms with Crippen molar-refractivity contribution in [2.24, 2.45) is 0 Å². The van der Waals surface area contributed by atoms with Gasteiger partial charge in [0.05, 0.1) is 0 Å². The Hall–Kier alpha value is -1.69. The zero-order valence-electron chi connectivity index (χ0n) is 9.58. The minimum absolute atomic E-state index is 0.160. The van der Waals surface area contributed by atoms with Gasteiger partial charge < -0.3 is 15.2 Å². The number of rotatable bonds is 2. The smallest absolute Gasteiger partial charge is 0.257 e. The number of hydrogen-bond donors (Lipinski definition) is 2. The van der Waals surface area contributed by atoms with Crippen LogP contribution in [0.4, 0.5) is 8.78 Å². The molecule has 1 aliphatic rings. The minimum Gasteiger partial charge on any atom is -0.505 e. The maximum atomic E-state index is 13.5. The van der Waals surface area contributed by atoms with E-state index >= 15 is 0 Å². The molecule has 0 bridgehead atoms. The molecule has 18 heavy (non-hydrogen) atoms. The van der Waals surface area contributed by atoms with Crippen LogP contribution in [0.3, 0.4) is 0 Å². The SMILES string of the molecule is O=C(NC1CCOCC1)c1c(F)ccc(O)c1F. The topological polar surface area (TPSA) is 58.6 Å². The third-order valence-electron chi connectivity index (χ3n) is 2.85. The number of phenolic OH excluding ortho intramolecular Hbond substituents is 1. The fraction of sp³-hybridized carbons (Fsp3) is 0.417.